The summed E-state index contributed by atoms with van der Waals surface area (Å²) in [7, 11) is 0. The highest BCUT2D eigenvalue weighted by Crippen LogP contribution is 2.44. The van der Waals surface area contributed by atoms with Gasteiger partial charge in [-0.05, 0) is 65.3 Å². The van der Waals surface area contributed by atoms with E-state index in [4.69, 9.17) is 36.5 Å². The van der Waals surface area contributed by atoms with Gasteiger partial charge in [0.05, 0.1) is 36.1 Å². The van der Waals surface area contributed by atoms with Crippen molar-refractivity contribution in [2.24, 2.45) is 5.41 Å². The smallest absolute Gasteiger partial charge is 0.163 e. The Kier molecular flexibility index (Phi) is 8.53. The molecule has 1 spiro atoms. The summed E-state index contributed by atoms with van der Waals surface area (Å²) in [6, 6.07) is 6.02. The maximum absolute atomic E-state index is 10.2. The van der Waals surface area contributed by atoms with E-state index in [2.05, 4.69) is 16.7 Å². The fraction of sp³-hybridized carbons (Fsp3) is 0.581. The Hall–Kier alpha value is -2.52. The zero-order valence-corrected chi connectivity index (χ0v) is 25.1. The second-order valence-corrected chi connectivity index (χ2v) is 12.4. The number of nitrogens with zero attached hydrogens (tertiary/aromatic N) is 4. The van der Waals surface area contributed by atoms with Crippen molar-refractivity contribution in [1.29, 1.82) is 5.41 Å². The number of aliphatic hydroxyl groups is 1. The first-order valence-corrected chi connectivity index (χ1v) is 14.8. The third-order valence-corrected chi connectivity index (χ3v) is 8.76. The van der Waals surface area contributed by atoms with Gasteiger partial charge in [0, 0.05) is 47.5 Å². The molecule has 8 nitrogen and oxygen atoms in total. The molecule has 2 aromatic rings. The van der Waals surface area contributed by atoms with Crippen LogP contribution in [0, 0.1) is 17.7 Å². The predicted molar refractivity (Wildman–Crippen MR) is 161 cm³/mol. The molecule has 3 aliphatic heterocycles. The van der Waals surface area contributed by atoms with E-state index in [1.807, 2.05) is 39.8 Å². The van der Waals surface area contributed by atoms with Crippen LogP contribution in [0.15, 0.2) is 23.8 Å². The van der Waals surface area contributed by atoms with Crippen LogP contribution in [-0.2, 0) is 4.74 Å². The lowest BCUT2D eigenvalue weighted by Crippen LogP contribution is -2.59. The standard InChI is InChI=1S/C31H42ClN5O3/c1-6-7-23(38)15-40-24-8-9-26(32)25(12-24)29-34-28(27(19(2)3)21(5)33)20(4)30(35-29)37-17-31(18-37)10-11-36(16-31)22-13-39-14-22/h8-9,12,22-23,33,38H,6-7,10-11,13-18H2,1-5H3/t23-/m1/s1. The molecular weight excluding hydrogens is 526 g/mol. The van der Waals surface area contributed by atoms with Crippen molar-refractivity contribution in [3.63, 3.8) is 0 Å². The number of anilines is 1. The summed E-state index contributed by atoms with van der Waals surface area (Å²) in [5.74, 6) is 2.03. The minimum Gasteiger partial charge on any atom is -0.491 e. The van der Waals surface area contributed by atoms with Gasteiger partial charge in [0.15, 0.2) is 5.82 Å². The van der Waals surface area contributed by atoms with Crippen molar-refractivity contribution in [3.05, 3.63) is 40.1 Å². The molecule has 0 radical (unpaired) electrons. The summed E-state index contributed by atoms with van der Waals surface area (Å²) in [5.41, 5.74) is 5.06. The Bertz CT molecular complexity index is 1300. The molecule has 0 saturated carbocycles. The number of likely N-dealkylation sites (tertiary alicyclic amines) is 1. The number of hydrogen-bond acceptors (Lipinski definition) is 8. The molecule has 3 aliphatic rings. The molecule has 2 N–H and O–H groups in total. The van der Waals surface area contributed by atoms with E-state index in [1.54, 1.807) is 6.07 Å². The summed E-state index contributed by atoms with van der Waals surface area (Å²) in [4.78, 5) is 15.0. The van der Waals surface area contributed by atoms with Crippen LogP contribution in [0.25, 0.3) is 17.0 Å². The van der Waals surface area contributed by atoms with Gasteiger partial charge in [-0.3, -0.25) is 4.90 Å². The summed E-state index contributed by atoms with van der Waals surface area (Å²) < 4.78 is 11.3. The largest absolute Gasteiger partial charge is 0.491 e. The number of rotatable bonds is 10. The topological polar surface area (TPSA) is 94.8 Å². The lowest BCUT2D eigenvalue weighted by Gasteiger charge is -2.50. The molecule has 9 heteroatoms. The maximum atomic E-state index is 10.2. The number of aliphatic hydroxyl groups excluding tert-OH is 1. The molecule has 0 aliphatic carbocycles. The van der Waals surface area contributed by atoms with E-state index in [9.17, 15) is 5.11 Å². The molecule has 0 unspecified atom stereocenters. The Morgan fingerprint density at radius 1 is 1.23 bits per heavy atom. The molecule has 4 heterocycles. The van der Waals surface area contributed by atoms with Crippen molar-refractivity contribution < 1.29 is 14.6 Å². The lowest BCUT2D eigenvalue weighted by molar-refractivity contribution is -0.0609. The minimum atomic E-state index is -0.518. The van der Waals surface area contributed by atoms with E-state index in [-0.39, 0.29) is 12.0 Å². The molecule has 3 saturated heterocycles. The van der Waals surface area contributed by atoms with E-state index in [0.29, 0.717) is 40.3 Å². The lowest BCUT2D eigenvalue weighted by atomic mass is 9.78. The highest BCUT2D eigenvalue weighted by molar-refractivity contribution is 6.33. The number of hydrogen-bond donors (Lipinski definition) is 2. The minimum absolute atomic E-state index is 0.217. The molecule has 5 rings (SSSR count). The molecule has 1 aromatic heterocycles. The van der Waals surface area contributed by atoms with Crippen molar-refractivity contribution in [3.8, 4) is 17.1 Å². The average Bonchev–Trinajstić information content (AvgIpc) is 3.28. The van der Waals surface area contributed by atoms with Gasteiger partial charge in [0.1, 0.15) is 18.2 Å². The first-order chi connectivity index (χ1) is 19.1. The fourth-order valence-corrected chi connectivity index (χ4v) is 6.43. The second kappa shape index (κ2) is 11.8. The van der Waals surface area contributed by atoms with E-state index in [0.717, 1.165) is 74.0 Å². The Labute approximate surface area is 242 Å². The highest BCUT2D eigenvalue weighted by atomic mass is 35.5. The molecule has 40 heavy (non-hydrogen) atoms. The second-order valence-electron chi connectivity index (χ2n) is 12.0. The quantitative estimate of drug-likeness (QED) is 0.372. The van der Waals surface area contributed by atoms with Gasteiger partial charge in [0.2, 0.25) is 0 Å². The van der Waals surface area contributed by atoms with E-state index in [1.165, 1.54) is 6.42 Å². The number of allylic oxidation sites excluding steroid dienone is 2. The first-order valence-electron chi connectivity index (χ1n) is 14.4. The summed E-state index contributed by atoms with van der Waals surface area (Å²) in [6.45, 7) is 16.0. The van der Waals surface area contributed by atoms with E-state index >= 15 is 0 Å². The van der Waals surface area contributed by atoms with Crippen LogP contribution in [0.4, 0.5) is 5.82 Å². The molecule has 1 atom stereocenters. The van der Waals surface area contributed by atoms with Crippen molar-refractivity contribution >= 4 is 28.7 Å². The van der Waals surface area contributed by atoms with Crippen LogP contribution >= 0.6 is 11.6 Å². The van der Waals surface area contributed by atoms with Crippen molar-refractivity contribution in [1.82, 2.24) is 14.9 Å². The molecule has 0 amide bonds. The molecule has 0 bridgehead atoms. The monoisotopic (exact) mass is 567 g/mol. The van der Waals surface area contributed by atoms with Gasteiger partial charge in [0.25, 0.3) is 0 Å². The summed E-state index contributed by atoms with van der Waals surface area (Å²) in [6.07, 6.45) is 2.25. The van der Waals surface area contributed by atoms with Crippen molar-refractivity contribution in [2.75, 3.05) is 50.9 Å². The van der Waals surface area contributed by atoms with Crippen LogP contribution in [-0.4, -0.2) is 83.8 Å². The highest BCUT2D eigenvalue weighted by Gasteiger charge is 2.50. The Balaban J connectivity index is 1.48. The number of halogens is 1. The van der Waals surface area contributed by atoms with Gasteiger partial charge in [-0.1, -0.05) is 30.5 Å². The van der Waals surface area contributed by atoms with Crippen LogP contribution < -0.4 is 9.64 Å². The predicted octanol–water partition coefficient (Wildman–Crippen LogP) is 5.39. The number of nitrogens with one attached hydrogen (secondary N) is 1. The van der Waals surface area contributed by atoms with Crippen LogP contribution in [0.2, 0.25) is 5.02 Å². The fourth-order valence-electron chi connectivity index (χ4n) is 6.23. The van der Waals surface area contributed by atoms with Gasteiger partial charge < -0.3 is 24.9 Å². The zero-order chi connectivity index (χ0) is 28.6. The van der Waals surface area contributed by atoms with Crippen LogP contribution in [0.3, 0.4) is 0 Å². The van der Waals surface area contributed by atoms with E-state index < -0.39 is 6.10 Å². The average molecular weight is 568 g/mol. The van der Waals surface area contributed by atoms with Crippen molar-refractivity contribution in [2.45, 2.75) is 66.0 Å². The molecule has 3 fully saturated rings. The van der Waals surface area contributed by atoms with Gasteiger partial charge in [-0.15, -0.1) is 0 Å². The third-order valence-electron chi connectivity index (χ3n) is 8.43. The number of aromatic nitrogens is 2. The summed E-state index contributed by atoms with van der Waals surface area (Å²) >= 11 is 6.71. The van der Waals surface area contributed by atoms with Crippen LogP contribution in [0.1, 0.15) is 58.2 Å². The summed E-state index contributed by atoms with van der Waals surface area (Å²) in [5, 5.41) is 19.2. The molecule has 216 valence electrons. The molecule has 1 aromatic carbocycles. The zero-order valence-electron chi connectivity index (χ0n) is 24.4. The SMILES string of the molecule is CCC[C@@H](O)COc1ccc(Cl)c(-c2nc(C(C(C)=N)=C(C)C)c(C)c(N3CC4(CCN(C5COC5)C4)C3)n2)c1. The maximum Gasteiger partial charge on any atom is 0.163 e. The molecular formula is C31H42ClN5O3. The van der Waals surface area contributed by atoms with Gasteiger partial charge >= 0.3 is 0 Å². The number of benzene rings is 1. The van der Waals surface area contributed by atoms with Gasteiger partial charge in [-0.2, -0.15) is 0 Å². The first kappa shape index (κ1) is 29.0. The van der Waals surface area contributed by atoms with Crippen LogP contribution in [0.5, 0.6) is 5.75 Å². The normalized spacial score (nSPS) is 19.3. The number of ether oxygens (including phenoxy) is 2. The third kappa shape index (κ3) is 5.77. The Morgan fingerprint density at radius 3 is 2.60 bits per heavy atom. The van der Waals surface area contributed by atoms with Gasteiger partial charge in [-0.25, -0.2) is 9.97 Å². The Morgan fingerprint density at radius 2 is 1.98 bits per heavy atom.